The molecule has 0 amide bonds. The van der Waals surface area contributed by atoms with Crippen LogP contribution in [0.25, 0.3) is 0 Å². The van der Waals surface area contributed by atoms with Gasteiger partial charge in [-0.25, -0.2) is 4.98 Å². The summed E-state index contributed by atoms with van der Waals surface area (Å²) in [6, 6.07) is 12.6. The molecule has 0 bridgehead atoms. The molecule has 156 valence electrons. The Kier molecular flexibility index (Phi) is 7.04. The first-order chi connectivity index (χ1) is 14.1. The van der Waals surface area contributed by atoms with Gasteiger partial charge < -0.3 is 25.0 Å². The van der Waals surface area contributed by atoms with E-state index in [1.807, 2.05) is 23.1 Å². The van der Waals surface area contributed by atoms with E-state index in [4.69, 9.17) is 4.74 Å². The molecule has 0 spiro atoms. The van der Waals surface area contributed by atoms with Crippen molar-refractivity contribution in [3.8, 4) is 11.6 Å². The highest BCUT2D eigenvalue weighted by Gasteiger charge is 2.26. The SMILES string of the molecule is CN=C(NCc1cccc(OC)n1)NC1CCN(c2ccccc2OC(F)F)C1. The number of benzene rings is 1. The standard InChI is InChI=1S/C20H25F2N5O2/c1-23-20(24-12-14-6-5-9-18(25-14)28-2)26-15-10-11-27(13-15)16-7-3-4-8-17(16)29-19(21)22/h3-9,15,19H,10-13H2,1-2H3,(H2,23,24,26). The van der Waals surface area contributed by atoms with E-state index >= 15 is 0 Å². The molecule has 2 heterocycles. The number of nitrogens with zero attached hydrogens (tertiary/aromatic N) is 3. The molecule has 3 rings (SSSR count). The highest BCUT2D eigenvalue weighted by Crippen LogP contribution is 2.31. The average molecular weight is 405 g/mol. The highest BCUT2D eigenvalue weighted by atomic mass is 19.3. The number of hydrogen-bond donors (Lipinski definition) is 2. The lowest BCUT2D eigenvalue weighted by Crippen LogP contribution is -2.44. The topological polar surface area (TPSA) is 71.0 Å². The summed E-state index contributed by atoms with van der Waals surface area (Å²) >= 11 is 0. The fourth-order valence-electron chi connectivity index (χ4n) is 3.24. The Morgan fingerprint density at radius 2 is 2.10 bits per heavy atom. The van der Waals surface area contributed by atoms with Crippen LogP contribution in [-0.4, -0.2) is 50.8 Å². The van der Waals surface area contributed by atoms with E-state index < -0.39 is 6.61 Å². The van der Waals surface area contributed by atoms with Crippen LogP contribution in [-0.2, 0) is 6.54 Å². The summed E-state index contributed by atoms with van der Waals surface area (Å²) in [5, 5.41) is 6.61. The van der Waals surface area contributed by atoms with Gasteiger partial charge in [0.25, 0.3) is 0 Å². The quantitative estimate of drug-likeness (QED) is 0.545. The highest BCUT2D eigenvalue weighted by molar-refractivity contribution is 5.80. The predicted octanol–water partition coefficient (Wildman–Crippen LogP) is 2.64. The lowest BCUT2D eigenvalue weighted by molar-refractivity contribution is -0.0495. The summed E-state index contributed by atoms with van der Waals surface area (Å²) in [4.78, 5) is 10.7. The molecular formula is C20H25F2N5O2. The molecule has 0 saturated carbocycles. The Bertz CT molecular complexity index is 834. The number of aliphatic imine (C=N–C) groups is 1. The zero-order valence-corrected chi connectivity index (χ0v) is 16.4. The average Bonchev–Trinajstić information content (AvgIpc) is 3.19. The number of aromatic nitrogens is 1. The van der Waals surface area contributed by atoms with Crippen LogP contribution in [0.2, 0.25) is 0 Å². The Morgan fingerprint density at radius 3 is 2.86 bits per heavy atom. The van der Waals surface area contributed by atoms with Crippen molar-refractivity contribution in [3.05, 3.63) is 48.2 Å². The van der Waals surface area contributed by atoms with Crippen molar-refractivity contribution in [1.82, 2.24) is 15.6 Å². The third kappa shape index (κ3) is 5.69. The van der Waals surface area contributed by atoms with E-state index in [0.717, 1.165) is 18.7 Å². The van der Waals surface area contributed by atoms with Gasteiger partial charge >= 0.3 is 6.61 Å². The summed E-state index contributed by atoms with van der Waals surface area (Å²) in [5.74, 6) is 1.40. The van der Waals surface area contributed by atoms with Crippen molar-refractivity contribution in [2.75, 3.05) is 32.1 Å². The van der Waals surface area contributed by atoms with Crippen molar-refractivity contribution in [3.63, 3.8) is 0 Å². The number of halogens is 2. The van der Waals surface area contributed by atoms with Crippen molar-refractivity contribution in [1.29, 1.82) is 0 Å². The molecule has 1 saturated heterocycles. The van der Waals surface area contributed by atoms with E-state index in [1.165, 1.54) is 0 Å². The number of para-hydroxylation sites is 2. The van der Waals surface area contributed by atoms with Crippen LogP contribution >= 0.6 is 0 Å². The summed E-state index contributed by atoms with van der Waals surface area (Å²) in [5.41, 5.74) is 1.50. The second-order valence-electron chi connectivity index (χ2n) is 6.52. The van der Waals surface area contributed by atoms with Crippen molar-refractivity contribution in [2.24, 2.45) is 4.99 Å². The van der Waals surface area contributed by atoms with Crippen molar-refractivity contribution < 1.29 is 18.3 Å². The molecule has 2 N–H and O–H groups in total. The number of alkyl halides is 2. The Hall–Kier alpha value is -3.10. The Labute approximate surface area is 168 Å². The molecule has 7 nitrogen and oxygen atoms in total. The molecule has 1 aromatic heterocycles. The lowest BCUT2D eigenvalue weighted by atomic mass is 10.2. The molecular weight excluding hydrogens is 380 g/mol. The molecule has 2 aromatic rings. The summed E-state index contributed by atoms with van der Waals surface area (Å²) in [6.45, 7) is -0.962. The van der Waals surface area contributed by atoms with E-state index in [2.05, 4.69) is 25.3 Å². The van der Waals surface area contributed by atoms with Gasteiger partial charge in [-0.2, -0.15) is 8.78 Å². The molecule has 1 unspecified atom stereocenters. The number of hydrogen-bond acceptors (Lipinski definition) is 5. The summed E-state index contributed by atoms with van der Waals surface area (Å²) in [6.07, 6.45) is 0.848. The third-order valence-electron chi connectivity index (χ3n) is 4.60. The predicted molar refractivity (Wildman–Crippen MR) is 108 cm³/mol. The summed E-state index contributed by atoms with van der Waals surface area (Å²) < 4.78 is 35.1. The van der Waals surface area contributed by atoms with Crippen LogP contribution in [0.1, 0.15) is 12.1 Å². The Balaban J connectivity index is 1.56. The first-order valence-corrected chi connectivity index (χ1v) is 9.35. The number of pyridine rings is 1. The van der Waals surface area contributed by atoms with Crippen LogP contribution in [0.4, 0.5) is 14.5 Å². The fraction of sp³-hybridized carbons (Fsp3) is 0.400. The van der Waals surface area contributed by atoms with Crippen molar-refractivity contribution in [2.45, 2.75) is 25.6 Å². The van der Waals surface area contributed by atoms with Gasteiger partial charge in [0.2, 0.25) is 5.88 Å². The molecule has 1 aliphatic rings. The van der Waals surface area contributed by atoms with Gasteiger partial charge in [-0.1, -0.05) is 18.2 Å². The van der Waals surface area contributed by atoms with Gasteiger partial charge in [-0.15, -0.1) is 0 Å². The molecule has 0 aliphatic carbocycles. The first-order valence-electron chi connectivity index (χ1n) is 9.35. The van der Waals surface area contributed by atoms with Crippen LogP contribution in [0.15, 0.2) is 47.5 Å². The first kappa shape index (κ1) is 20.6. The smallest absolute Gasteiger partial charge is 0.387 e. The monoisotopic (exact) mass is 405 g/mol. The van der Waals surface area contributed by atoms with Gasteiger partial charge in [-0.3, -0.25) is 4.99 Å². The molecule has 1 aromatic carbocycles. The second-order valence-corrected chi connectivity index (χ2v) is 6.52. The number of nitrogens with one attached hydrogen (secondary N) is 2. The minimum atomic E-state index is -2.85. The maximum absolute atomic E-state index is 12.7. The van der Waals surface area contributed by atoms with Crippen LogP contribution < -0.4 is 25.0 Å². The summed E-state index contributed by atoms with van der Waals surface area (Å²) in [7, 11) is 3.28. The maximum atomic E-state index is 12.7. The third-order valence-corrected chi connectivity index (χ3v) is 4.60. The number of ether oxygens (including phenoxy) is 2. The van der Waals surface area contributed by atoms with Gasteiger partial charge in [0.1, 0.15) is 5.75 Å². The molecule has 1 aliphatic heterocycles. The number of rotatable bonds is 7. The van der Waals surface area contributed by atoms with Gasteiger partial charge in [0.05, 0.1) is 25.0 Å². The number of guanidine groups is 1. The van der Waals surface area contributed by atoms with Gasteiger partial charge in [-0.05, 0) is 24.6 Å². The van der Waals surface area contributed by atoms with Gasteiger partial charge in [0.15, 0.2) is 5.96 Å². The zero-order valence-electron chi connectivity index (χ0n) is 16.4. The van der Waals surface area contributed by atoms with E-state index in [0.29, 0.717) is 30.6 Å². The second kappa shape index (κ2) is 9.90. The molecule has 9 heteroatoms. The Morgan fingerprint density at radius 1 is 1.28 bits per heavy atom. The van der Waals surface area contributed by atoms with E-state index in [1.54, 1.807) is 38.4 Å². The minimum Gasteiger partial charge on any atom is -0.481 e. The maximum Gasteiger partial charge on any atom is 0.387 e. The molecule has 1 fully saturated rings. The molecule has 1 atom stereocenters. The fourth-order valence-corrected chi connectivity index (χ4v) is 3.24. The van der Waals surface area contributed by atoms with Crippen LogP contribution in [0.5, 0.6) is 11.6 Å². The van der Waals surface area contributed by atoms with Crippen molar-refractivity contribution >= 4 is 11.6 Å². The normalized spacial score (nSPS) is 16.8. The molecule has 0 radical (unpaired) electrons. The van der Waals surface area contributed by atoms with Gasteiger partial charge in [0, 0.05) is 32.2 Å². The number of methoxy groups -OCH3 is 1. The van der Waals surface area contributed by atoms with E-state index in [-0.39, 0.29) is 11.8 Å². The van der Waals surface area contributed by atoms with Crippen LogP contribution in [0.3, 0.4) is 0 Å². The lowest BCUT2D eigenvalue weighted by Gasteiger charge is -2.22. The zero-order chi connectivity index (χ0) is 20.6. The van der Waals surface area contributed by atoms with E-state index in [9.17, 15) is 8.78 Å². The molecule has 29 heavy (non-hydrogen) atoms. The number of anilines is 1. The minimum absolute atomic E-state index is 0.124. The largest absolute Gasteiger partial charge is 0.481 e. The van der Waals surface area contributed by atoms with Crippen LogP contribution in [0, 0.1) is 0 Å².